The van der Waals surface area contributed by atoms with E-state index in [4.69, 9.17) is 0 Å². The van der Waals surface area contributed by atoms with Crippen LogP contribution in [0.1, 0.15) is 67.3 Å². The molecule has 0 nitrogen and oxygen atoms in total. The summed E-state index contributed by atoms with van der Waals surface area (Å²) in [6.45, 7) is 12.1. The van der Waals surface area contributed by atoms with Gasteiger partial charge in [-0.1, -0.05) is 74.4 Å². The molecule has 0 heteroatoms. The van der Waals surface area contributed by atoms with Crippen molar-refractivity contribution in [3.63, 3.8) is 0 Å². The van der Waals surface area contributed by atoms with E-state index in [1.165, 1.54) is 30.4 Å². The van der Waals surface area contributed by atoms with Crippen molar-refractivity contribution in [2.75, 3.05) is 0 Å². The fraction of sp³-hybridized carbons (Fsp3) is 0.520. The summed E-state index contributed by atoms with van der Waals surface area (Å²) >= 11 is 0. The summed E-state index contributed by atoms with van der Waals surface area (Å²) in [5.41, 5.74) is 7.89. The van der Waals surface area contributed by atoms with Crippen LogP contribution < -0.4 is 0 Å². The Morgan fingerprint density at radius 1 is 0.960 bits per heavy atom. The van der Waals surface area contributed by atoms with Crippen molar-refractivity contribution in [2.45, 2.75) is 65.2 Å². The molecule has 25 heavy (non-hydrogen) atoms. The fourth-order valence-corrected chi connectivity index (χ4v) is 6.05. The summed E-state index contributed by atoms with van der Waals surface area (Å²) in [5.74, 6) is 3.07. The third kappa shape index (κ3) is 2.65. The third-order valence-electron chi connectivity index (χ3n) is 7.71. The second kappa shape index (κ2) is 6.01. The van der Waals surface area contributed by atoms with Gasteiger partial charge in [-0.15, -0.1) is 0 Å². The molecule has 2 aliphatic carbocycles. The minimum Gasteiger partial charge on any atom is -0.0620 e. The Labute approximate surface area is 153 Å². The molecule has 1 saturated carbocycles. The lowest BCUT2D eigenvalue weighted by Crippen LogP contribution is -2.47. The molecular weight excluding hydrogens is 300 g/mol. The van der Waals surface area contributed by atoms with Gasteiger partial charge in [0, 0.05) is 0 Å². The van der Waals surface area contributed by atoms with Crippen LogP contribution in [0.4, 0.5) is 0 Å². The van der Waals surface area contributed by atoms with Crippen molar-refractivity contribution in [2.24, 2.45) is 17.8 Å². The molecule has 0 spiro atoms. The second-order valence-corrected chi connectivity index (χ2v) is 9.15. The summed E-state index contributed by atoms with van der Waals surface area (Å²) in [5, 5.41) is 0. The van der Waals surface area contributed by atoms with Gasteiger partial charge in [0.2, 0.25) is 0 Å². The van der Waals surface area contributed by atoms with Crippen LogP contribution in [0.3, 0.4) is 0 Å². The third-order valence-corrected chi connectivity index (χ3v) is 7.71. The number of hydrogen-bond donors (Lipinski definition) is 0. The molecule has 0 aromatic heterocycles. The smallest absolute Gasteiger partial charge is 0.00409 e. The van der Waals surface area contributed by atoms with Crippen LogP contribution in [-0.2, 0) is 11.8 Å². The molecule has 132 valence electrons. The lowest BCUT2D eigenvalue weighted by molar-refractivity contribution is 0.0622. The van der Waals surface area contributed by atoms with Crippen LogP contribution >= 0.6 is 0 Å². The largest absolute Gasteiger partial charge is 0.0620 e. The maximum Gasteiger partial charge on any atom is -0.00409 e. The number of fused-ring (bicyclic) bond motifs is 3. The van der Waals surface area contributed by atoms with E-state index in [9.17, 15) is 0 Å². The van der Waals surface area contributed by atoms with Gasteiger partial charge in [-0.3, -0.25) is 0 Å². The Hall–Kier alpha value is -1.56. The van der Waals surface area contributed by atoms with Crippen LogP contribution in [0.2, 0.25) is 0 Å². The van der Waals surface area contributed by atoms with E-state index < -0.39 is 0 Å². The summed E-state index contributed by atoms with van der Waals surface area (Å²) < 4.78 is 0. The molecule has 2 aromatic carbocycles. The number of hydrogen-bond acceptors (Lipinski definition) is 0. The van der Waals surface area contributed by atoms with Crippen LogP contribution in [0.5, 0.6) is 0 Å². The van der Waals surface area contributed by atoms with Crippen molar-refractivity contribution in [3.05, 3.63) is 70.3 Å². The van der Waals surface area contributed by atoms with E-state index >= 15 is 0 Å². The van der Waals surface area contributed by atoms with Gasteiger partial charge < -0.3 is 0 Å². The van der Waals surface area contributed by atoms with Crippen molar-refractivity contribution in [3.8, 4) is 0 Å². The Bertz CT molecular complexity index is 766. The maximum atomic E-state index is 2.54. The Morgan fingerprint density at radius 2 is 1.64 bits per heavy atom. The van der Waals surface area contributed by atoms with E-state index in [-0.39, 0.29) is 5.41 Å². The second-order valence-electron chi connectivity index (χ2n) is 9.15. The first-order valence-corrected chi connectivity index (χ1v) is 10.1. The fourth-order valence-electron chi connectivity index (χ4n) is 6.05. The van der Waals surface area contributed by atoms with Crippen molar-refractivity contribution < 1.29 is 0 Å². The quantitative estimate of drug-likeness (QED) is 0.553. The molecule has 0 amide bonds. The zero-order valence-corrected chi connectivity index (χ0v) is 16.5. The predicted molar refractivity (Wildman–Crippen MR) is 107 cm³/mol. The molecule has 2 aliphatic rings. The first-order chi connectivity index (χ1) is 11.9. The van der Waals surface area contributed by atoms with E-state index in [1.54, 1.807) is 16.7 Å². The van der Waals surface area contributed by atoms with E-state index in [0.29, 0.717) is 0 Å². The van der Waals surface area contributed by atoms with Gasteiger partial charge >= 0.3 is 0 Å². The molecule has 5 unspecified atom stereocenters. The van der Waals surface area contributed by atoms with Gasteiger partial charge in [0.25, 0.3) is 0 Å². The highest BCUT2D eigenvalue weighted by Crippen LogP contribution is 2.57. The summed E-state index contributed by atoms with van der Waals surface area (Å²) in [6.07, 6.45) is 3.94. The molecule has 2 aromatic rings. The monoisotopic (exact) mass is 332 g/mol. The Morgan fingerprint density at radius 3 is 2.36 bits per heavy atom. The van der Waals surface area contributed by atoms with Gasteiger partial charge in [-0.05, 0) is 78.9 Å². The van der Waals surface area contributed by atoms with Crippen molar-refractivity contribution in [1.29, 1.82) is 0 Å². The van der Waals surface area contributed by atoms with Gasteiger partial charge in [-0.25, -0.2) is 0 Å². The molecule has 0 N–H and O–H groups in total. The van der Waals surface area contributed by atoms with Crippen LogP contribution in [0, 0.1) is 31.6 Å². The Kier molecular flexibility index (Phi) is 4.06. The molecule has 4 rings (SSSR count). The van der Waals surface area contributed by atoms with Gasteiger partial charge in [0.05, 0.1) is 0 Å². The highest BCUT2D eigenvalue weighted by molar-refractivity contribution is 5.39. The molecule has 5 atom stereocenters. The van der Waals surface area contributed by atoms with Gasteiger partial charge in [0.15, 0.2) is 0 Å². The highest BCUT2D eigenvalue weighted by Gasteiger charge is 2.49. The first kappa shape index (κ1) is 16.9. The average molecular weight is 333 g/mol. The van der Waals surface area contributed by atoms with Gasteiger partial charge in [0.1, 0.15) is 0 Å². The first-order valence-electron chi connectivity index (χ1n) is 10.1. The molecule has 0 aliphatic heterocycles. The highest BCUT2D eigenvalue weighted by atomic mass is 14.5. The average Bonchev–Trinajstić information content (AvgIpc) is 2.59. The molecule has 0 bridgehead atoms. The van der Waals surface area contributed by atoms with E-state index in [0.717, 1.165) is 23.7 Å². The SMILES string of the molecule is Cc1cc(C)cc(C2(C)CC3c4ccccc4CCC3C(C)C2C)c1. The molecule has 0 saturated heterocycles. The molecule has 0 radical (unpaired) electrons. The number of rotatable bonds is 1. The van der Waals surface area contributed by atoms with Crippen LogP contribution in [0.25, 0.3) is 0 Å². The van der Waals surface area contributed by atoms with Crippen molar-refractivity contribution >= 4 is 0 Å². The standard InChI is InChI=1S/C25H32/c1-16-12-17(2)14-21(13-16)25(5)15-24-22(18(3)19(25)4)11-10-20-8-6-7-9-23(20)24/h6-9,12-14,18-19,22,24H,10-11,15H2,1-5H3. The Balaban J connectivity index is 1.80. The molecule has 1 fully saturated rings. The summed E-state index contributed by atoms with van der Waals surface area (Å²) in [6, 6.07) is 16.5. The van der Waals surface area contributed by atoms with Gasteiger partial charge in [-0.2, -0.15) is 0 Å². The number of benzene rings is 2. The topological polar surface area (TPSA) is 0 Å². The predicted octanol–water partition coefficient (Wildman–Crippen LogP) is 6.58. The van der Waals surface area contributed by atoms with E-state index in [2.05, 4.69) is 77.1 Å². The normalized spacial score (nSPS) is 34.3. The maximum absolute atomic E-state index is 2.54. The minimum atomic E-state index is 0.266. The zero-order valence-electron chi connectivity index (χ0n) is 16.5. The van der Waals surface area contributed by atoms with Crippen LogP contribution in [-0.4, -0.2) is 0 Å². The van der Waals surface area contributed by atoms with Crippen molar-refractivity contribution in [1.82, 2.24) is 0 Å². The molecular formula is C25H32. The molecule has 0 heterocycles. The number of aryl methyl sites for hydroxylation is 3. The minimum absolute atomic E-state index is 0.266. The summed E-state index contributed by atoms with van der Waals surface area (Å²) in [4.78, 5) is 0. The lowest BCUT2D eigenvalue weighted by Gasteiger charge is -2.53. The van der Waals surface area contributed by atoms with Crippen LogP contribution in [0.15, 0.2) is 42.5 Å². The lowest BCUT2D eigenvalue weighted by atomic mass is 9.51. The van der Waals surface area contributed by atoms with E-state index in [1.807, 2.05) is 0 Å². The summed E-state index contributed by atoms with van der Waals surface area (Å²) in [7, 11) is 0. The zero-order chi connectivity index (χ0) is 17.8.